The fraction of sp³-hybridized carbons (Fsp3) is 0.500. The lowest BCUT2D eigenvalue weighted by molar-refractivity contribution is 0.202. The van der Waals surface area contributed by atoms with Crippen molar-refractivity contribution in [3.05, 3.63) is 12.1 Å². The normalized spacial score (nSPS) is 11.9. The first-order valence-corrected chi connectivity index (χ1v) is 6.05. The highest BCUT2D eigenvalue weighted by Crippen LogP contribution is 2.29. The zero-order valence-corrected chi connectivity index (χ0v) is 10.6. The minimum atomic E-state index is -0.359. The van der Waals surface area contributed by atoms with E-state index in [4.69, 9.17) is 10.4 Å². The van der Waals surface area contributed by atoms with Crippen LogP contribution in [0.5, 0.6) is 0 Å². The molecule has 1 aromatic carbocycles. The third-order valence-electron chi connectivity index (χ3n) is 3.50. The van der Waals surface area contributed by atoms with Crippen LogP contribution >= 0.6 is 0 Å². The first-order chi connectivity index (χ1) is 8.65. The Morgan fingerprint density at radius 2 is 1.94 bits per heavy atom. The predicted molar refractivity (Wildman–Crippen MR) is 70.2 cm³/mol. The summed E-state index contributed by atoms with van der Waals surface area (Å²) in [4.78, 5) is 0. The van der Waals surface area contributed by atoms with Gasteiger partial charge in [0.1, 0.15) is 0 Å². The van der Waals surface area contributed by atoms with Crippen LogP contribution in [0.15, 0.2) is 16.8 Å². The molecule has 0 unspecified atom stereocenters. The molecule has 0 aliphatic carbocycles. The summed E-state index contributed by atoms with van der Waals surface area (Å²) < 4.78 is 4.72. The van der Waals surface area contributed by atoms with Gasteiger partial charge in [-0.15, -0.1) is 0 Å². The first kappa shape index (κ1) is 12.6. The van der Waals surface area contributed by atoms with E-state index in [1.54, 1.807) is 6.07 Å². The molecule has 98 valence electrons. The Bertz CT molecular complexity index is 526. The molecule has 1 heterocycles. The molecule has 2 rings (SSSR count). The summed E-state index contributed by atoms with van der Waals surface area (Å²) in [7, 11) is 0. The minimum absolute atomic E-state index is 0.0527. The Morgan fingerprint density at radius 1 is 1.28 bits per heavy atom. The first-order valence-electron chi connectivity index (χ1n) is 6.05. The summed E-state index contributed by atoms with van der Waals surface area (Å²) in [5.41, 5.74) is 7.87. The van der Waals surface area contributed by atoms with Crippen molar-refractivity contribution in [1.82, 2.24) is 10.3 Å². The molecule has 0 fully saturated rings. The Kier molecular flexibility index (Phi) is 3.38. The van der Waals surface area contributed by atoms with Gasteiger partial charge in [-0.05, 0) is 35.3 Å². The third kappa shape index (κ3) is 1.99. The Labute approximate surface area is 105 Å². The molecule has 2 aromatic rings. The second-order valence-corrected chi connectivity index (χ2v) is 4.43. The third-order valence-corrected chi connectivity index (χ3v) is 3.50. The lowest BCUT2D eigenvalue weighted by Crippen LogP contribution is -2.40. The highest BCUT2D eigenvalue weighted by Gasteiger charge is 2.26. The maximum atomic E-state index is 9.57. The number of aromatic nitrogens is 2. The molecule has 0 aliphatic rings. The van der Waals surface area contributed by atoms with Crippen LogP contribution in [0.4, 0.5) is 11.4 Å². The van der Waals surface area contributed by atoms with Gasteiger partial charge in [0.05, 0.1) is 23.5 Å². The van der Waals surface area contributed by atoms with Gasteiger partial charge in [-0.2, -0.15) is 0 Å². The highest BCUT2D eigenvalue weighted by atomic mass is 16.6. The molecule has 0 atom stereocenters. The van der Waals surface area contributed by atoms with Gasteiger partial charge in [0.15, 0.2) is 11.0 Å². The van der Waals surface area contributed by atoms with Gasteiger partial charge >= 0.3 is 0 Å². The monoisotopic (exact) mass is 250 g/mol. The standard InChI is InChI=1S/C12H18N4O2/c1-3-12(4-2,7-17)14-9-6-5-8(13)10-11(9)16-18-15-10/h5-6,14,17H,3-4,7,13H2,1-2H3. The van der Waals surface area contributed by atoms with Crippen molar-refractivity contribution >= 4 is 22.4 Å². The van der Waals surface area contributed by atoms with Gasteiger partial charge in [0.25, 0.3) is 0 Å². The van der Waals surface area contributed by atoms with E-state index in [0.717, 1.165) is 18.5 Å². The summed E-state index contributed by atoms with van der Waals surface area (Å²) in [6.07, 6.45) is 1.61. The molecular formula is C12H18N4O2. The summed E-state index contributed by atoms with van der Waals surface area (Å²) in [5.74, 6) is 0. The topological polar surface area (TPSA) is 97.2 Å². The number of anilines is 2. The fourth-order valence-electron chi connectivity index (χ4n) is 1.96. The fourth-order valence-corrected chi connectivity index (χ4v) is 1.96. The molecule has 18 heavy (non-hydrogen) atoms. The number of nitrogens with zero attached hydrogens (tertiary/aromatic N) is 2. The minimum Gasteiger partial charge on any atom is -0.397 e. The molecule has 0 bridgehead atoms. The Morgan fingerprint density at radius 3 is 2.56 bits per heavy atom. The van der Waals surface area contributed by atoms with Crippen molar-refractivity contribution in [2.45, 2.75) is 32.2 Å². The number of nitrogens with two attached hydrogens (primary N) is 1. The van der Waals surface area contributed by atoms with Crippen molar-refractivity contribution in [2.75, 3.05) is 17.7 Å². The highest BCUT2D eigenvalue weighted by molar-refractivity contribution is 5.95. The van der Waals surface area contributed by atoms with Crippen molar-refractivity contribution in [1.29, 1.82) is 0 Å². The molecule has 0 saturated carbocycles. The Hall–Kier alpha value is -1.82. The van der Waals surface area contributed by atoms with Crippen LogP contribution < -0.4 is 11.1 Å². The number of hydrogen-bond acceptors (Lipinski definition) is 6. The number of benzene rings is 1. The number of rotatable bonds is 5. The molecule has 0 saturated heterocycles. The van der Waals surface area contributed by atoms with E-state index >= 15 is 0 Å². The van der Waals surface area contributed by atoms with Crippen LogP contribution in [-0.2, 0) is 0 Å². The number of nitrogen functional groups attached to an aromatic ring is 1. The molecule has 0 spiro atoms. The van der Waals surface area contributed by atoms with Crippen LogP contribution in [0, 0.1) is 0 Å². The summed E-state index contributed by atoms with van der Waals surface area (Å²) in [6.45, 7) is 4.11. The van der Waals surface area contributed by atoms with Crippen molar-refractivity contribution in [2.24, 2.45) is 0 Å². The summed E-state index contributed by atoms with van der Waals surface area (Å²) >= 11 is 0. The summed E-state index contributed by atoms with van der Waals surface area (Å²) in [6, 6.07) is 3.58. The lowest BCUT2D eigenvalue weighted by atomic mass is 9.93. The predicted octanol–water partition coefficient (Wildman–Crippen LogP) is 1.77. The van der Waals surface area contributed by atoms with E-state index in [1.165, 1.54) is 0 Å². The number of aliphatic hydroxyl groups excluding tert-OH is 1. The second-order valence-electron chi connectivity index (χ2n) is 4.43. The SMILES string of the molecule is CCC(CC)(CO)Nc1ccc(N)c2nonc12. The number of fused-ring (bicyclic) bond motifs is 1. The van der Waals surface area contributed by atoms with E-state index in [2.05, 4.69) is 15.6 Å². The van der Waals surface area contributed by atoms with Crippen LogP contribution in [0.3, 0.4) is 0 Å². The average molecular weight is 250 g/mol. The zero-order chi connectivity index (χ0) is 13.2. The molecule has 0 aliphatic heterocycles. The number of aliphatic hydroxyl groups is 1. The molecule has 6 heteroatoms. The molecule has 0 radical (unpaired) electrons. The Balaban J connectivity index is 2.43. The molecule has 0 amide bonds. The van der Waals surface area contributed by atoms with Crippen molar-refractivity contribution in [3.8, 4) is 0 Å². The molecule has 6 nitrogen and oxygen atoms in total. The van der Waals surface area contributed by atoms with E-state index in [0.29, 0.717) is 16.7 Å². The number of nitrogens with one attached hydrogen (secondary N) is 1. The van der Waals surface area contributed by atoms with E-state index in [-0.39, 0.29) is 12.1 Å². The number of hydrogen-bond donors (Lipinski definition) is 3. The molecule has 4 N–H and O–H groups in total. The maximum Gasteiger partial charge on any atom is 0.160 e. The van der Waals surface area contributed by atoms with Gasteiger partial charge in [0, 0.05) is 0 Å². The average Bonchev–Trinajstić information content (AvgIpc) is 2.89. The summed E-state index contributed by atoms with van der Waals surface area (Å²) in [5, 5.41) is 20.5. The largest absolute Gasteiger partial charge is 0.397 e. The van der Waals surface area contributed by atoms with Crippen LogP contribution in [0.1, 0.15) is 26.7 Å². The molecule has 1 aromatic heterocycles. The smallest absolute Gasteiger partial charge is 0.160 e. The van der Waals surface area contributed by atoms with Crippen LogP contribution in [0.2, 0.25) is 0 Å². The van der Waals surface area contributed by atoms with Crippen LogP contribution in [0.25, 0.3) is 11.0 Å². The van der Waals surface area contributed by atoms with Gasteiger partial charge in [0.2, 0.25) is 0 Å². The van der Waals surface area contributed by atoms with Gasteiger partial charge in [-0.3, -0.25) is 0 Å². The van der Waals surface area contributed by atoms with Crippen molar-refractivity contribution in [3.63, 3.8) is 0 Å². The zero-order valence-electron chi connectivity index (χ0n) is 10.6. The van der Waals surface area contributed by atoms with Crippen molar-refractivity contribution < 1.29 is 9.74 Å². The van der Waals surface area contributed by atoms with E-state index in [1.807, 2.05) is 19.9 Å². The lowest BCUT2D eigenvalue weighted by Gasteiger charge is -2.31. The van der Waals surface area contributed by atoms with Gasteiger partial charge < -0.3 is 16.2 Å². The van der Waals surface area contributed by atoms with Crippen LogP contribution in [-0.4, -0.2) is 27.6 Å². The quantitative estimate of drug-likeness (QED) is 0.700. The van der Waals surface area contributed by atoms with E-state index in [9.17, 15) is 5.11 Å². The van der Waals surface area contributed by atoms with Gasteiger partial charge in [-0.1, -0.05) is 13.8 Å². The molecular weight excluding hydrogens is 232 g/mol. The second kappa shape index (κ2) is 4.81. The van der Waals surface area contributed by atoms with E-state index < -0.39 is 0 Å². The van der Waals surface area contributed by atoms with Gasteiger partial charge in [-0.25, -0.2) is 4.63 Å². The maximum absolute atomic E-state index is 9.57.